The number of carbonyl (C=O) groups excluding carboxylic acids is 3. The van der Waals surface area contributed by atoms with E-state index in [1.165, 1.54) is 16.8 Å². The van der Waals surface area contributed by atoms with E-state index in [2.05, 4.69) is 5.32 Å². The molecule has 8 heteroatoms. The summed E-state index contributed by atoms with van der Waals surface area (Å²) in [4.78, 5) is 49.9. The van der Waals surface area contributed by atoms with Crippen molar-refractivity contribution in [1.29, 1.82) is 0 Å². The van der Waals surface area contributed by atoms with Crippen molar-refractivity contribution in [3.8, 4) is 0 Å². The molecule has 2 N–H and O–H groups in total. The fraction of sp³-hybridized carbons (Fsp3) is 0.765. The van der Waals surface area contributed by atoms with Crippen molar-refractivity contribution < 1.29 is 24.3 Å². The van der Waals surface area contributed by atoms with Crippen LogP contribution in [-0.2, 0) is 19.2 Å². The van der Waals surface area contributed by atoms with E-state index in [0.29, 0.717) is 25.8 Å². The molecule has 0 aromatic rings. The molecule has 25 heavy (non-hydrogen) atoms. The molecule has 8 nitrogen and oxygen atoms in total. The van der Waals surface area contributed by atoms with Crippen LogP contribution < -0.4 is 5.32 Å². The maximum Gasteiger partial charge on any atom is 0.308 e. The number of carboxylic acids is 1. The summed E-state index contributed by atoms with van der Waals surface area (Å²) in [6.07, 6.45) is 1.52. The maximum atomic E-state index is 12.3. The Bertz CT molecular complexity index is 527. The number of nitrogens with one attached hydrogen (secondary N) is 1. The normalized spacial score (nSPS) is 17.8. The zero-order valence-corrected chi connectivity index (χ0v) is 15.5. The number of amides is 3. The smallest absolute Gasteiger partial charge is 0.308 e. The Labute approximate surface area is 148 Å². The molecule has 0 aromatic carbocycles. The van der Waals surface area contributed by atoms with Crippen molar-refractivity contribution in [2.24, 2.45) is 11.3 Å². The molecule has 1 fully saturated rings. The number of carbonyl (C=O) groups is 4. The van der Waals surface area contributed by atoms with Gasteiger partial charge in [0.25, 0.3) is 0 Å². The minimum Gasteiger partial charge on any atom is -0.481 e. The summed E-state index contributed by atoms with van der Waals surface area (Å²) in [7, 11) is 1.49. The van der Waals surface area contributed by atoms with Crippen molar-refractivity contribution in [3.63, 3.8) is 0 Å². The number of piperidine rings is 1. The summed E-state index contributed by atoms with van der Waals surface area (Å²) in [6.45, 7) is 6.20. The van der Waals surface area contributed by atoms with E-state index in [1.54, 1.807) is 0 Å². The van der Waals surface area contributed by atoms with Gasteiger partial charge in [0.15, 0.2) is 0 Å². The van der Waals surface area contributed by atoms with Crippen molar-refractivity contribution in [1.82, 2.24) is 15.1 Å². The summed E-state index contributed by atoms with van der Waals surface area (Å²) < 4.78 is 0. The van der Waals surface area contributed by atoms with Crippen LogP contribution in [0.25, 0.3) is 0 Å². The first-order valence-corrected chi connectivity index (χ1v) is 8.51. The first kappa shape index (κ1) is 20.9. The van der Waals surface area contributed by atoms with Crippen LogP contribution in [0.15, 0.2) is 0 Å². The fourth-order valence-corrected chi connectivity index (χ4v) is 2.65. The van der Waals surface area contributed by atoms with Gasteiger partial charge in [-0.2, -0.15) is 0 Å². The standard InChI is InChI=1S/C17H29N3O5/c1-17(2,3)8-13(21)18-9-14(22)19(4)11-15(23)20-7-5-6-12(10-20)16(24)25/h12H,5-11H2,1-4H3,(H,18,21)(H,24,25). The second-order valence-electron chi connectivity index (χ2n) is 7.78. The lowest BCUT2D eigenvalue weighted by molar-refractivity contribution is -0.147. The number of carboxylic acid groups (broad SMARTS) is 1. The number of aliphatic carboxylic acids is 1. The molecular formula is C17H29N3O5. The van der Waals surface area contributed by atoms with Gasteiger partial charge in [0.2, 0.25) is 17.7 Å². The number of hydrogen-bond donors (Lipinski definition) is 2. The SMILES string of the molecule is CN(CC(=O)N1CCCC(C(=O)O)C1)C(=O)CNC(=O)CC(C)(C)C. The minimum atomic E-state index is -0.900. The summed E-state index contributed by atoms with van der Waals surface area (Å²) in [6, 6.07) is 0. The lowest BCUT2D eigenvalue weighted by Crippen LogP contribution is -2.48. The van der Waals surface area contributed by atoms with Gasteiger partial charge in [-0.15, -0.1) is 0 Å². The first-order chi connectivity index (χ1) is 11.5. The number of likely N-dealkylation sites (N-methyl/N-ethyl adjacent to an activating group) is 1. The molecule has 1 aliphatic rings. The molecule has 1 unspecified atom stereocenters. The third-order valence-corrected chi connectivity index (χ3v) is 4.05. The number of nitrogens with zero attached hydrogens (tertiary/aromatic N) is 2. The third-order valence-electron chi connectivity index (χ3n) is 4.05. The quantitative estimate of drug-likeness (QED) is 0.713. The van der Waals surface area contributed by atoms with Gasteiger partial charge < -0.3 is 20.2 Å². The summed E-state index contributed by atoms with van der Waals surface area (Å²) >= 11 is 0. The average molecular weight is 355 g/mol. The molecular weight excluding hydrogens is 326 g/mol. The monoisotopic (exact) mass is 355 g/mol. The van der Waals surface area contributed by atoms with Crippen molar-refractivity contribution in [2.75, 3.05) is 33.2 Å². The van der Waals surface area contributed by atoms with Gasteiger partial charge >= 0.3 is 5.97 Å². The minimum absolute atomic E-state index is 0.125. The molecule has 0 spiro atoms. The van der Waals surface area contributed by atoms with Gasteiger partial charge in [0.05, 0.1) is 19.0 Å². The van der Waals surface area contributed by atoms with Gasteiger partial charge in [-0.25, -0.2) is 0 Å². The Morgan fingerprint density at radius 3 is 2.44 bits per heavy atom. The van der Waals surface area contributed by atoms with E-state index in [0.717, 1.165) is 0 Å². The molecule has 0 saturated carbocycles. The molecule has 1 saturated heterocycles. The highest BCUT2D eigenvalue weighted by Gasteiger charge is 2.29. The Morgan fingerprint density at radius 2 is 1.88 bits per heavy atom. The Morgan fingerprint density at radius 1 is 1.24 bits per heavy atom. The summed E-state index contributed by atoms with van der Waals surface area (Å²) in [5, 5.41) is 11.6. The molecule has 3 amide bonds. The van der Waals surface area contributed by atoms with Crippen molar-refractivity contribution in [2.45, 2.75) is 40.0 Å². The van der Waals surface area contributed by atoms with E-state index in [-0.39, 0.29) is 42.8 Å². The van der Waals surface area contributed by atoms with Crippen LogP contribution >= 0.6 is 0 Å². The van der Waals surface area contributed by atoms with Crippen molar-refractivity contribution in [3.05, 3.63) is 0 Å². The van der Waals surface area contributed by atoms with Crippen LogP contribution in [0.2, 0.25) is 0 Å². The summed E-state index contributed by atoms with van der Waals surface area (Å²) in [5.74, 6) is -2.29. The van der Waals surface area contributed by atoms with E-state index in [9.17, 15) is 19.2 Å². The van der Waals surface area contributed by atoms with Gasteiger partial charge in [-0.05, 0) is 18.3 Å². The van der Waals surface area contributed by atoms with Gasteiger partial charge in [0.1, 0.15) is 0 Å². The molecule has 142 valence electrons. The van der Waals surface area contributed by atoms with Crippen LogP contribution in [0.5, 0.6) is 0 Å². The average Bonchev–Trinajstić information content (AvgIpc) is 2.50. The van der Waals surface area contributed by atoms with E-state index in [4.69, 9.17) is 5.11 Å². The summed E-state index contributed by atoms with van der Waals surface area (Å²) in [5.41, 5.74) is -0.163. The predicted octanol–water partition coefficient (Wildman–Crippen LogP) is 0.320. The molecule has 1 atom stereocenters. The van der Waals surface area contributed by atoms with E-state index < -0.39 is 11.9 Å². The largest absolute Gasteiger partial charge is 0.481 e. The highest BCUT2D eigenvalue weighted by atomic mass is 16.4. The molecule has 0 radical (unpaired) electrons. The zero-order chi connectivity index (χ0) is 19.2. The first-order valence-electron chi connectivity index (χ1n) is 8.51. The molecule has 1 heterocycles. The highest BCUT2D eigenvalue weighted by molar-refractivity contribution is 5.88. The number of rotatable bonds is 6. The topological polar surface area (TPSA) is 107 Å². The van der Waals surface area contributed by atoms with E-state index in [1.807, 2.05) is 20.8 Å². The zero-order valence-electron chi connectivity index (χ0n) is 15.5. The van der Waals surface area contributed by atoms with Crippen molar-refractivity contribution >= 4 is 23.7 Å². The number of likely N-dealkylation sites (tertiary alicyclic amines) is 1. The van der Waals surface area contributed by atoms with Gasteiger partial charge in [0, 0.05) is 26.6 Å². The van der Waals surface area contributed by atoms with Gasteiger partial charge in [-0.3, -0.25) is 19.2 Å². The lowest BCUT2D eigenvalue weighted by Gasteiger charge is -2.32. The lowest BCUT2D eigenvalue weighted by atomic mass is 9.92. The molecule has 0 aromatic heterocycles. The Kier molecular flexibility index (Phi) is 7.38. The molecule has 1 aliphatic heterocycles. The van der Waals surface area contributed by atoms with Gasteiger partial charge in [-0.1, -0.05) is 20.8 Å². The maximum absolute atomic E-state index is 12.3. The van der Waals surface area contributed by atoms with Crippen LogP contribution in [0.4, 0.5) is 0 Å². The number of hydrogen-bond acceptors (Lipinski definition) is 4. The van der Waals surface area contributed by atoms with E-state index >= 15 is 0 Å². The second-order valence-corrected chi connectivity index (χ2v) is 7.78. The predicted molar refractivity (Wildman–Crippen MR) is 91.7 cm³/mol. The highest BCUT2D eigenvalue weighted by Crippen LogP contribution is 2.18. The Hall–Kier alpha value is -2.12. The molecule has 1 rings (SSSR count). The van der Waals surface area contributed by atoms with Crippen LogP contribution in [0.3, 0.4) is 0 Å². The third kappa shape index (κ3) is 7.53. The second kappa shape index (κ2) is 8.82. The van der Waals surface area contributed by atoms with Crippen LogP contribution in [-0.4, -0.2) is 71.8 Å². The van der Waals surface area contributed by atoms with Crippen LogP contribution in [0, 0.1) is 11.3 Å². The molecule has 0 aliphatic carbocycles. The molecule has 0 bridgehead atoms. The van der Waals surface area contributed by atoms with Crippen LogP contribution in [0.1, 0.15) is 40.0 Å². The fourth-order valence-electron chi connectivity index (χ4n) is 2.65. The Balaban J connectivity index is 2.42.